The van der Waals surface area contributed by atoms with E-state index in [0.717, 1.165) is 17.8 Å². The van der Waals surface area contributed by atoms with E-state index in [1.807, 2.05) is 11.6 Å². The van der Waals surface area contributed by atoms with Crippen LogP contribution in [0.4, 0.5) is 0 Å². The average Bonchev–Trinajstić information content (AvgIpc) is 2.82. The van der Waals surface area contributed by atoms with E-state index in [4.69, 9.17) is 10.8 Å². The highest BCUT2D eigenvalue weighted by molar-refractivity contribution is 5.32. The minimum Gasteiger partial charge on any atom is -0.394 e. The third kappa shape index (κ3) is 3.08. The molecule has 2 aromatic rings. The fraction of sp³-hybridized carbons (Fsp3) is 0.438. The highest BCUT2D eigenvalue weighted by Crippen LogP contribution is 2.25. The second-order valence-corrected chi connectivity index (χ2v) is 5.04. The number of aromatic nitrogens is 2. The molecule has 2 rings (SSSR count). The van der Waals surface area contributed by atoms with Gasteiger partial charge in [-0.3, -0.25) is 4.68 Å². The van der Waals surface area contributed by atoms with Crippen LogP contribution in [0.2, 0.25) is 0 Å². The Kier molecular flexibility index (Phi) is 4.93. The summed E-state index contributed by atoms with van der Waals surface area (Å²) in [6, 6.07) is 10.6. The molecule has 1 unspecified atom stereocenters. The topological polar surface area (TPSA) is 64.1 Å². The second kappa shape index (κ2) is 6.68. The Labute approximate surface area is 120 Å². The van der Waals surface area contributed by atoms with Crippen LogP contribution in [-0.4, -0.2) is 28.0 Å². The minimum atomic E-state index is 0.0835. The first-order valence-corrected chi connectivity index (χ1v) is 7.13. The Bertz CT molecular complexity index is 545. The van der Waals surface area contributed by atoms with Crippen LogP contribution in [-0.2, 0) is 13.0 Å². The maximum Gasteiger partial charge on any atom is 0.0644 e. The van der Waals surface area contributed by atoms with Gasteiger partial charge in [0.25, 0.3) is 0 Å². The molecule has 0 radical (unpaired) electrons. The van der Waals surface area contributed by atoms with E-state index in [9.17, 15) is 0 Å². The molecule has 0 spiro atoms. The molecule has 1 heterocycles. The summed E-state index contributed by atoms with van der Waals surface area (Å²) < 4.78 is 1.86. The van der Waals surface area contributed by atoms with Crippen LogP contribution in [0.1, 0.15) is 35.4 Å². The van der Waals surface area contributed by atoms with Crippen molar-refractivity contribution in [3.63, 3.8) is 0 Å². The van der Waals surface area contributed by atoms with E-state index in [2.05, 4.69) is 42.4 Å². The molecular weight excluding hydrogens is 250 g/mol. The Morgan fingerprint density at radius 1 is 1.30 bits per heavy atom. The lowest BCUT2D eigenvalue weighted by molar-refractivity contribution is 0.266. The fourth-order valence-corrected chi connectivity index (χ4v) is 2.53. The van der Waals surface area contributed by atoms with E-state index in [-0.39, 0.29) is 12.5 Å². The number of hydrogen-bond donors (Lipinski definition) is 2. The summed E-state index contributed by atoms with van der Waals surface area (Å²) in [5.41, 5.74) is 10.5. The molecule has 0 aliphatic rings. The van der Waals surface area contributed by atoms with Crippen molar-refractivity contribution in [2.24, 2.45) is 5.73 Å². The molecule has 1 aromatic carbocycles. The molecule has 0 bridgehead atoms. The predicted octanol–water partition coefficient (Wildman–Crippen LogP) is 1.84. The van der Waals surface area contributed by atoms with Gasteiger partial charge in [-0.2, -0.15) is 5.10 Å². The van der Waals surface area contributed by atoms with Crippen molar-refractivity contribution in [1.29, 1.82) is 0 Å². The molecule has 0 aliphatic carbocycles. The van der Waals surface area contributed by atoms with E-state index >= 15 is 0 Å². The smallest absolute Gasteiger partial charge is 0.0644 e. The van der Waals surface area contributed by atoms with Gasteiger partial charge < -0.3 is 10.8 Å². The lowest BCUT2D eigenvalue weighted by Crippen LogP contribution is -2.19. The summed E-state index contributed by atoms with van der Waals surface area (Å²) >= 11 is 0. The molecule has 0 saturated carbocycles. The number of aliphatic hydroxyl groups is 1. The highest BCUT2D eigenvalue weighted by Gasteiger charge is 2.18. The van der Waals surface area contributed by atoms with Crippen LogP contribution in [0.5, 0.6) is 0 Å². The summed E-state index contributed by atoms with van der Waals surface area (Å²) in [4.78, 5) is 0. The number of hydrogen-bond acceptors (Lipinski definition) is 3. The van der Waals surface area contributed by atoms with Crippen molar-refractivity contribution in [3.8, 4) is 0 Å². The SMILES string of the molecule is CCc1ccc(C(CN)c2cc(C)nn2CCO)cc1. The zero-order valence-corrected chi connectivity index (χ0v) is 12.2. The first kappa shape index (κ1) is 14.8. The van der Waals surface area contributed by atoms with Crippen LogP contribution < -0.4 is 5.73 Å². The Hall–Kier alpha value is -1.65. The lowest BCUT2D eigenvalue weighted by Gasteiger charge is -2.17. The molecule has 0 fully saturated rings. The number of aryl methyl sites for hydroxylation is 2. The van der Waals surface area contributed by atoms with Gasteiger partial charge in [-0.25, -0.2) is 0 Å². The molecule has 1 aromatic heterocycles. The zero-order chi connectivity index (χ0) is 14.5. The predicted molar refractivity (Wildman–Crippen MR) is 80.8 cm³/mol. The normalized spacial score (nSPS) is 12.6. The molecule has 1 atom stereocenters. The highest BCUT2D eigenvalue weighted by atomic mass is 16.3. The van der Waals surface area contributed by atoms with Gasteiger partial charge in [0.1, 0.15) is 0 Å². The van der Waals surface area contributed by atoms with E-state index < -0.39 is 0 Å². The molecule has 0 amide bonds. The van der Waals surface area contributed by atoms with Crippen LogP contribution in [0.15, 0.2) is 30.3 Å². The van der Waals surface area contributed by atoms with Gasteiger partial charge in [-0.1, -0.05) is 31.2 Å². The molecular formula is C16H23N3O. The number of rotatable bonds is 6. The number of nitrogens with two attached hydrogens (primary N) is 1. The van der Waals surface area contributed by atoms with E-state index in [0.29, 0.717) is 13.1 Å². The third-order valence-electron chi connectivity index (χ3n) is 3.63. The molecule has 108 valence electrons. The summed E-state index contributed by atoms with van der Waals surface area (Å²) in [6.45, 7) is 5.23. The molecule has 3 N–H and O–H groups in total. The van der Waals surface area contributed by atoms with Gasteiger partial charge in [0.15, 0.2) is 0 Å². The van der Waals surface area contributed by atoms with E-state index in [1.54, 1.807) is 0 Å². The Morgan fingerprint density at radius 3 is 2.55 bits per heavy atom. The summed E-state index contributed by atoms with van der Waals surface area (Å²) in [5, 5.41) is 13.6. The second-order valence-electron chi connectivity index (χ2n) is 5.04. The van der Waals surface area contributed by atoms with Gasteiger partial charge in [-0.15, -0.1) is 0 Å². The first-order chi connectivity index (χ1) is 9.69. The largest absolute Gasteiger partial charge is 0.394 e. The molecule has 0 aliphatic heterocycles. The number of nitrogens with zero attached hydrogens (tertiary/aromatic N) is 2. The molecule has 20 heavy (non-hydrogen) atoms. The zero-order valence-electron chi connectivity index (χ0n) is 12.2. The monoisotopic (exact) mass is 273 g/mol. The van der Waals surface area contributed by atoms with Crippen molar-refractivity contribution in [2.45, 2.75) is 32.7 Å². The quantitative estimate of drug-likeness (QED) is 0.844. The average molecular weight is 273 g/mol. The Balaban J connectivity index is 2.35. The number of aliphatic hydroxyl groups excluding tert-OH is 1. The minimum absolute atomic E-state index is 0.0835. The van der Waals surface area contributed by atoms with Gasteiger partial charge >= 0.3 is 0 Å². The van der Waals surface area contributed by atoms with Crippen LogP contribution >= 0.6 is 0 Å². The Morgan fingerprint density at radius 2 is 2.00 bits per heavy atom. The van der Waals surface area contributed by atoms with Gasteiger partial charge in [0.05, 0.1) is 18.8 Å². The van der Waals surface area contributed by atoms with Gasteiger partial charge in [-0.05, 0) is 30.5 Å². The molecule has 4 nitrogen and oxygen atoms in total. The van der Waals surface area contributed by atoms with Crippen molar-refractivity contribution >= 4 is 0 Å². The van der Waals surface area contributed by atoms with Crippen molar-refractivity contribution in [2.75, 3.05) is 13.2 Å². The first-order valence-electron chi connectivity index (χ1n) is 7.13. The van der Waals surface area contributed by atoms with Gasteiger partial charge in [0, 0.05) is 18.2 Å². The maximum absolute atomic E-state index is 9.15. The van der Waals surface area contributed by atoms with Crippen LogP contribution in [0, 0.1) is 6.92 Å². The fourth-order valence-electron chi connectivity index (χ4n) is 2.53. The lowest BCUT2D eigenvalue weighted by atomic mass is 9.94. The summed E-state index contributed by atoms with van der Waals surface area (Å²) in [6.07, 6.45) is 1.04. The molecule has 0 saturated heterocycles. The number of benzene rings is 1. The van der Waals surface area contributed by atoms with Crippen LogP contribution in [0.25, 0.3) is 0 Å². The van der Waals surface area contributed by atoms with Crippen molar-refractivity contribution < 1.29 is 5.11 Å². The maximum atomic E-state index is 9.15. The molecule has 4 heteroatoms. The third-order valence-corrected chi connectivity index (χ3v) is 3.63. The summed E-state index contributed by atoms with van der Waals surface area (Å²) in [5.74, 6) is 0.119. The van der Waals surface area contributed by atoms with Crippen molar-refractivity contribution in [1.82, 2.24) is 9.78 Å². The van der Waals surface area contributed by atoms with Crippen molar-refractivity contribution in [3.05, 3.63) is 52.8 Å². The van der Waals surface area contributed by atoms with Crippen LogP contribution in [0.3, 0.4) is 0 Å². The summed E-state index contributed by atoms with van der Waals surface area (Å²) in [7, 11) is 0. The van der Waals surface area contributed by atoms with Gasteiger partial charge in [0.2, 0.25) is 0 Å². The van der Waals surface area contributed by atoms with E-state index in [1.165, 1.54) is 11.1 Å². The standard InChI is InChI=1S/C16H23N3O/c1-3-13-4-6-14(7-5-13)15(11-17)16-10-12(2)18-19(16)8-9-20/h4-7,10,15,20H,3,8-9,11,17H2,1-2H3.